The predicted octanol–water partition coefficient (Wildman–Crippen LogP) is 2.61. The molecule has 0 aromatic heterocycles. The number of hydrogen-bond donors (Lipinski definition) is 1. The number of anilines is 1. The van der Waals surface area contributed by atoms with Gasteiger partial charge in [0, 0.05) is 18.2 Å². The zero-order valence-corrected chi connectivity index (χ0v) is 15.1. The van der Waals surface area contributed by atoms with Crippen LogP contribution >= 0.6 is 0 Å². The molecule has 0 radical (unpaired) electrons. The van der Waals surface area contributed by atoms with Crippen LogP contribution in [0.3, 0.4) is 0 Å². The van der Waals surface area contributed by atoms with E-state index in [1.165, 1.54) is 4.90 Å². The number of carbonyl (C=O) groups is 2. The zero-order valence-electron chi connectivity index (χ0n) is 15.1. The summed E-state index contributed by atoms with van der Waals surface area (Å²) in [4.78, 5) is 27.6. The lowest BCUT2D eigenvalue weighted by atomic mass is 9.70. The van der Waals surface area contributed by atoms with E-state index >= 15 is 0 Å². The van der Waals surface area contributed by atoms with Gasteiger partial charge < -0.3 is 14.7 Å². The van der Waals surface area contributed by atoms with Gasteiger partial charge in [-0.2, -0.15) is 0 Å². The van der Waals surface area contributed by atoms with E-state index in [-0.39, 0.29) is 5.78 Å². The molecular weight excluding hydrogens is 330 g/mol. The first-order valence-corrected chi connectivity index (χ1v) is 8.72. The Kier molecular flexibility index (Phi) is 3.66. The Bertz CT molecular complexity index is 936. The normalized spacial score (nSPS) is 24.5. The quantitative estimate of drug-likeness (QED) is 0.903. The molecule has 2 aliphatic rings. The van der Waals surface area contributed by atoms with E-state index in [2.05, 4.69) is 0 Å². The molecular formula is C21H21NO4. The molecule has 1 N–H and O–H groups in total. The lowest BCUT2D eigenvalue weighted by molar-refractivity contribution is -0.140. The van der Waals surface area contributed by atoms with E-state index in [4.69, 9.17) is 4.74 Å². The lowest BCUT2D eigenvalue weighted by Crippen LogP contribution is -2.49. The molecule has 2 aromatic carbocycles. The summed E-state index contributed by atoms with van der Waals surface area (Å²) in [5, 5.41) is 11.4. The second-order valence-corrected chi connectivity index (χ2v) is 7.02. The topological polar surface area (TPSA) is 66.8 Å². The van der Waals surface area contributed by atoms with Gasteiger partial charge in [-0.15, -0.1) is 0 Å². The molecule has 0 saturated carbocycles. The highest BCUT2D eigenvalue weighted by atomic mass is 16.5. The van der Waals surface area contributed by atoms with Gasteiger partial charge in [-0.05, 0) is 49.1 Å². The first kappa shape index (κ1) is 16.8. The first-order chi connectivity index (χ1) is 12.4. The van der Waals surface area contributed by atoms with Gasteiger partial charge in [0.05, 0.1) is 18.7 Å². The van der Waals surface area contributed by atoms with Crippen molar-refractivity contribution in [3.63, 3.8) is 0 Å². The maximum Gasteiger partial charge on any atom is 0.264 e. The van der Waals surface area contributed by atoms with E-state index in [9.17, 15) is 14.7 Å². The van der Waals surface area contributed by atoms with Crippen LogP contribution in [0.4, 0.5) is 5.69 Å². The second-order valence-electron chi connectivity index (χ2n) is 7.02. The van der Waals surface area contributed by atoms with Crippen molar-refractivity contribution in [2.45, 2.75) is 25.4 Å². The maximum absolute atomic E-state index is 13.3. The Labute approximate surface area is 152 Å². The number of rotatable bonds is 2. The molecule has 2 atom stereocenters. The minimum absolute atomic E-state index is 0.182. The highest BCUT2D eigenvalue weighted by Gasteiger charge is 2.56. The molecule has 5 heteroatoms. The number of amides is 1. The van der Waals surface area contributed by atoms with Crippen molar-refractivity contribution in [1.82, 2.24) is 0 Å². The summed E-state index contributed by atoms with van der Waals surface area (Å²) in [5.41, 5.74) is 1.82. The molecule has 0 saturated heterocycles. The minimum Gasteiger partial charge on any atom is -0.496 e. The minimum atomic E-state index is -1.81. The molecule has 1 heterocycles. The van der Waals surface area contributed by atoms with Crippen molar-refractivity contribution in [2.24, 2.45) is 5.92 Å². The maximum atomic E-state index is 13.3. The van der Waals surface area contributed by atoms with Crippen LogP contribution in [0.1, 0.15) is 33.5 Å². The van der Waals surface area contributed by atoms with Crippen LogP contribution < -0.4 is 9.64 Å². The Morgan fingerprint density at radius 3 is 2.65 bits per heavy atom. The standard InChI is InChI=1S/C21H21NO4/c1-12-13-8-10-16(19(23)14(13)9-11-18(12)26-3)21(25)15-6-4-5-7-17(15)22(2)20(21)24/h4-7,9,11,16,25H,8,10H2,1-3H3. The number of carbonyl (C=O) groups excluding carboxylic acids is 2. The number of benzene rings is 2. The summed E-state index contributed by atoms with van der Waals surface area (Å²) >= 11 is 0. The summed E-state index contributed by atoms with van der Waals surface area (Å²) in [7, 11) is 3.24. The van der Waals surface area contributed by atoms with Crippen LogP contribution in [0.25, 0.3) is 0 Å². The summed E-state index contributed by atoms with van der Waals surface area (Å²) in [6, 6.07) is 10.7. The van der Waals surface area contributed by atoms with Crippen molar-refractivity contribution in [2.75, 3.05) is 19.1 Å². The Morgan fingerprint density at radius 2 is 1.92 bits per heavy atom. The van der Waals surface area contributed by atoms with Crippen LogP contribution in [-0.2, 0) is 16.8 Å². The summed E-state index contributed by atoms with van der Waals surface area (Å²) in [5.74, 6) is -0.666. The largest absolute Gasteiger partial charge is 0.496 e. The average molecular weight is 351 g/mol. The molecule has 1 amide bonds. The lowest BCUT2D eigenvalue weighted by Gasteiger charge is -2.34. The Balaban J connectivity index is 1.82. The summed E-state index contributed by atoms with van der Waals surface area (Å²) in [6.45, 7) is 1.93. The molecule has 5 nitrogen and oxygen atoms in total. The Hall–Kier alpha value is -2.66. The number of para-hydroxylation sites is 1. The van der Waals surface area contributed by atoms with Crippen LogP contribution in [-0.4, -0.2) is 31.0 Å². The summed E-state index contributed by atoms with van der Waals surface area (Å²) in [6.07, 6.45) is 1.04. The fourth-order valence-corrected chi connectivity index (χ4v) is 4.42. The molecule has 2 unspecified atom stereocenters. The van der Waals surface area contributed by atoms with E-state index in [0.29, 0.717) is 29.7 Å². The van der Waals surface area contributed by atoms with Crippen molar-refractivity contribution >= 4 is 17.4 Å². The molecule has 0 fully saturated rings. The second kappa shape index (κ2) is 5.68. The SMILES string of the molecule is COc1ccc2c(c1C)CCC(C1(O)C(=O)N(C)c3ccccc31)C2=O. The fourth-order valence-electron chi connectivity index (χ4n) is 4.42. The average Bonchev–Trinajstić information content (AvgIpc) is 2.85. The van der Waals surface area contributed by atoms with Crippen LogP contribution in [0.5, 0.6) is 5.75 Å². The number of aliphatic hydroxyl groups is 1. The van der Waals surface area contributed by atoms with Crippen molar-refractivity contribution in [3.05, 3.63) is 58.7 Å². The van der Waals surface area contributed by atoms with Crippen LogP contribution in [0.2, 0.25) is 0 Å². The monoisotopic (exact) mass is 351 g/mol. The van der Waals surface area contributed by atoms with Crippen molar-refractivity contribution in [3.8, 4) is 5.75 Å². The number of fused-ring (bicyclic) bond motifs is 2. The number of methoxy groups -OCH3 is 1. The first-order valence-electron chi connectivity index (χ1n) is 8.72. The number of hydrogen-bond acceptors (Lipinski definition) is 4. The number of likely N-dealkylation sites (N-methyl/N-ethyl adjacent to an activating group) is 1. The fraction of sp³-hybridized carbons (Fsp3) is 0.333. The van der Waals surface area contributed by atoms with E-state index in [1.54, 1.807) is 44.5 Å². The highest BCUT2D eigenvalue weighted by Crippen LogP contribution is 2.48. The van der Waals surface area contributed by atoms with Gasteiger partial charge in [0.15, 0.2) is 11.4 Å². The smallest absolute Gasteiger partial charge is 0.264 e. The number of ether oxygens (including phenoxy) is 1. The van der Waals surface area contributed by atoms with Crippen LogP contribution in [0.15, 0.2) is 36.4 Å². The van der Waals surface area contributed by atoms with Gasteiger partial charge in [0.25, 0.3) is 5.91 Å². The summed E-state index contributed by atoms with van der Waals surface area (Å²) < 4.78 is 5.35. The van der Waals surface area contributed by atoms with E-state index < -0.39 is 17.4 Å². The molecule has 1 aliphatic heterocycles. The zero-order chi connectivity index (χ0) is 18.6. The third-order valence-corrected chi connectivity index (χ3v) is 5.84. The Morgan fingerprint density at radius 1 is 1.19 bits per heavy atom. The van der Waals surface area contributed by atoms with Gasteiger partial charge in [0.2, 0.25) is 0 Å². The van der Waals surface area contributed by atoms with E-state index in [1.807, 2.05) is 13.0 Å². The molecule has 4 rings (SSSR count). The third-order valence-electron chi connectivity index (χ3n) is 5.84. The highest BCUT2D eigenvalue weighted by molar-refractivity contribution is 6.12. The van der Waals surface area contributed by atoms with Crippen molar-refractivity contribution < 1.29 is 19.4 Å². The third kappa shape index (κ3) is 2.01. The van der Waals surface area contributed by atoms with Gasteiger partial charge in [0.1, 0.15) is 5.75 Å². The molecule has 134 valence electrons. The van der Waals surface area contributed by atoms with Gasteiger partial charge in [-0.1, -0.05) is 18.2 Å². The molecule has 2 aromatic rings. The predicted molar refractivity (Wildman–Crippen MR) is 97.6 cm³/mol. The number of ketones is 1. The number of nitrogens with zero attached hydrogens (tertiary/aromatic N) is 1. The molecule has 26 heavy (non-hydrogen) atoms. The van der Waals surface area contributed by atoms with Gasteiger partial charge >= 0.3 is 0 Å². The van der Waals surface area contributed by atoms with Gasteiger partial charge in [-0.3, -0.25) is 9.59 Å². The molecule has 1 aliphatic carbocycles. The van der Waals surface area contributed by atoms with Crippen molar-refractivity contribution in [1.29, 1.82) is 0 Å². The number of Topliss-reactive ketones (excluding diaryl/α,β-unsaturated/α-hetero) is 1. The van der Waals surface area contributed by atoms with Gasteiger partial charge in [-0.25, -0.2) is 0 Å². The molecule has 0 spiro atoms. The van der Waals surface area contributed by atoms with E-state index in [0.717, 1.165) is 16.9 Å². The molecule has 0 bridgehead atoms. The van der Waals surface area contributed by atoms with Crippen LogP contribution in [0, 0.1) is 12.8 Å².